The number of rotatable bonds is 2. The summed E-state index contributed by atoms with van der Waals surface area (Å²) in [6, 6.07) is 0. The Balaban J connectivity index is 0. The normalized spacial score (nSPS) is 7.00. The molecule has 0 saturated carbocycles. The third kappa shape index (κ3) is 10.7. The summed E-state index contributed by atoms with van der Waals surface area (Å²) in [7, 11) is 0. The quantitative estimate of drug-likeness (QED) is 0.318. The van der Waals surface area contributed by atoms with Gasteiger partial charge < -0.3 is 10.5 Å². The lowest BCUT2D eigenvalue weighted by Crippen LogP contribution is -2.15. The molecule has 0 fully saturated rings. The topological polar surface area (TPSA) is 46.9 Å². The summed E-state index contributed by atoms with van der Waals surface area (Å²) < 4.78 is 0. The van der Waals surface area contributed by atoms with Gasteiger partial charge in [0.15, 0.2) is 0 Å². The molecule has 2 nitrogen and oxygen atoms in total. The zero-order valence-electron chi connectivity index (χ0n) is 3.68. The number of hydrogen-bond donors (Lipinski definition) is 2. The van der Waals surface area contributed by atoms with Crippen LogP contribution in [0.25, 0.3) is 0 Å². The molecule has 0 aliphatic rings. The third-order valence-electron chi connectivity index (χ3n) is 0.339. The van der Waals surface area contributed by atoms with Gasteiger partial charge >= 0.3 is 0 Å². The highest BCUT2D eigenvalue weighted by atomic mass is 35.5. The Kier molecular flexibility index (Phi) is 8.87. The van der Waals surface area contributed by atoms with E-state index in [1.165, 1.54) is 0 Å². The number of hydrogen-bond acceptors (Lipinski definition) is 3. The van der Waals surface area contributed by atoms with Crippen molar-refractivity contribution in [1.82, 2.24) is 0 Å². The van der Waals surface area contributed by atoms with Gasteiger partial charge in [-0.25, -0.2) is 0 Å². The summed E-state index contributed by atoms with van der Waals surface area (Å²) >= 11 is 3.72. The van der Waals surface area contributed by atoms with Crippen LogP contribution in [0.15, 0.2) is 0 Å². The Hall–Kier alpha value is 0.110. The van der Waals surface area contributed by atoms with Gasteiger partial charge in [0.05, 0.1) is 0 Å². The van der Waals surface area contributed by atoms with Crippen molar-refractivity contribution >= 4 is 30.9 Å². The number of halogens is 1. The first-order chi connectivity index (χ1) is 2.77. The van der Waals surface area contributed by atoms with E-state index in [1.807, 2.05) is 0 Å². The Morgan fingerprint density at radius 3 is 2.14 bits per heavy atom. The van der Waals surface area contributed by atoms with E-state index in [9.17, 15) is 5.11 Å². The molecule has 0 aromatic carbocycles. The van der Waals surface area contributed by atoms with Crippen molar-refractivity contribution in [2.24, 2.45) is 0 Å². The van der Waals surface area contributed by atoms with Crippen molar-refractivity contribution in [3.05, 3.63) is 0 Å². The van der Waals surface area contributed by atoms with Crippen LogP contribution in [0.1, 0.15) is 6.42 Å². The highest BCUT2D eigenvalue weighted by Crippen LogP contribution is 1.77. The molecule has 0 saturated heterocycles. The third-order valence-corrected chi connectivity index (χ3v) is 0.562. The van der Waals surface area contributed by atoms with Gasteiger partial charge in [-0.05, 0) is 18.1 Å². The first-order valence-corrected chi connectivity index (χ1v) is 2.26. The molecule has 0 heterocycles. The average molecular weight is 141 g/mol. The molecule has 0 atom stereocenters. The first-order valence-electron chi connectivity index (χ1n) is 1.62. The van der Waals surface area contributed by atoms with E-state index in [-0.39, 0.29) is 18.8 Å². The van der Waals surface area contributed by atoms with E-state index in [0.29, 0.717) is 5.75 Å². The van der Waals surface area contributed by atoms with Gasteiger partial charge in [0.1, 0.15) is 0 Å². The largest absolute Gasteiger partial charge is 0.862 e. The summed E-state index contributed by atoms with van der Waals surface area (Å²) in [4.78, 5) is 0. The lowest BCUT2D eigenvalue weighted by molar-refractivity contribution is -0.219. The smallest absolute Gasteiger partial charge is 0.00545 e. The van der Waals surface area contributed by atoms with E-state index in [4.69, 9.17) is 5.41 Å². The van der Waals surface area contributed by atoms with Crippen molar-refractivity contribution in [3.8, 4) is 0 Å². The van der Waals surface area contributed by atoms with E-state index in [0.717, 1.165) is 0 Å². The van der Waals surface area contributed by atoms with Crippen LogP contribution in [0, 0.1) is 5.41 Å². The number of nitrogens with one attached hydrogen (secondary N) is 1. The van der Waals surface area contributed by atoms with Crippen LogP contribution in [-0.4, -0.2) is 11.7 Å². The Labute approximate surface area is 54.3 Å². The predicted molar refractivity (Wildman–Crippen MR) is 33.4 cm³/mol. The zero-order valence-corrected chi connectivity index (χ0v) is 5.39. The lowest BCUT2D eigenvalue weighted by atomic mass is 10.5. The van der Waals surface area contributed by atoms with Gasteiger partial charge in [-0.3, -0.25) is 0 Å². The Morgan fingerprint density at radius 2 is 2.14 bits per heavy atom. The predicted octanol–water partition coefficient (Wildman–Crippen LogP) is 0.0657. The van der Waals surface area contributed by atoms with Gasteiger partial charge in [0, 0.05) is 0 Å². The molecule has 0 amide bonds. The van der Waals surface area contributed by atoms with Crippen LogP contribution in [0.4, 0.5) is 0 Å². The second-order valence-electron chi connectivity index (χ2n) is 0.897. The van der Waals surface area contributed by atoms with Crippen LogP contribution >= 0.6 is 25.0 Å². The average Bonchev–Trinajstić information content (AvgIpc) is 1.35. The molecule has 0 spiro atoms. The molecule has 0 rings (SSSR count). The van der Waals surface area contributed by atoms with Crippen molar-refractivity contribution < 1.29 is 5.11 Å². The van der Waals surface area contributed by atoms with Gasteiger partial charge in [-0.1, -0.05) is 0 Å². The molecule has 7 heavy (non-hydrogen) atoms. The second-order valence-corrected chi connectivity index (χ2v) is 1.34. The molecule has 0 radical (unpaired) electrons. The molecule has 0 aromatic heterocycles. The van der Waals surface area contributed by atoms with Crippen molar-refractivity contribution in [2.75, 3.05) is 5.75 Å². The molecule has 0 aliphatic carbocycles. The van der Waals surface area contributed by atoms with Crippen LogP contribution in [0.5, 0.6) is 0 Å². The molecular weight excluding hydrogens is 134 g/mol. The summed E-state index contributed by atoms with van der Waals surface area (Å²) in [5.41, 5.74) is 0. The Morgan fingerprint density at radius 1 is 1.71 bits per heavy atom. The minimum Gasteiger partial charge on any atom is -0.862 e. The zero-order chi connectivity index (χ0) is 4.99. The van der Waals surface area contributed by atoms with Crippen LogP contribution in [0.3, 0.4) is 0 Å². The fraction of sp³-hybridized carbons (Fsp3) is 0.667. The Bertz CT molecular complexity index is 58.9. The minimum atomic E-state index is -0.537. The van der Waals surface area contributed by atoms with Gasteiger partial charge in [-0.2, -0.15) is 12.6 Å². The summed E-state index contributed by atoms with van der Waals surface area (Å²) in [5, 5.41) is 16.0. The van der Waals surface area contributed by atoms with Crippen LogP contribution in [0.2, 0.25) is 0 Å². The molecule has 0 aromatic rings. The van der Waals surface area contributed by atoms with E-state index < -0.39 is 5.90 Å². The molecule has 1 N–H and O–H groups in total. The summed E-state index contributed by atoms with van der Waals surface area (Å²) in [5.74, 6) is -0.0486. The molecule has 0 aliphatic heterocycles. The fourth-order valence-electron chi connectivity index (χ4n) is 0.102. The minimum absolute atomic E-state index is 0. The van der Waals surface area contributed by atoms with E-state index in [1.54, 1.807) is 0 Å². The van der Waals surface area contributed by atoms with Gasteiger partial charge in [-0.15, -0.1) is 12.4 Å². The van der Waals surface area contributed by atoms with Crippen molar-refractivity contribution in [1.29, 1.82) is 5.41 Å². The summed E-state index contributed by atoms with van der Waals surface area (Å²) in [6.45, 7) is 0. The van der Waals surface area contributed by atoms with Crippen molar-refractivity contribution in [2.45, 2.75) is 6.42 Å². The molecule has 44 valence electrons. The van der Waals surface area contributed by atoms with Gasteiger partial charge in [0.2, 0.25) is 0 Å². The first kappa shape index (κ1) is 10.2. The van der Waals surface area contributed by atoms with E-state index in [2.05, 4.69) is 12.6 Å². The molecule has 0 bridgehead atoms. The maximum atomic E-state index is 9.66. The van der Waals surface area contributed by atoms with Crippen molar-refractivity contribution in [3.63, 3.8) is 0 Å². The summed E-state index contributed by atoms with van der Waals surface area (Å²) in [6.07, 6.45) is 0.267. The second kappa shape index (κ2) is 6.11. The maximum Gasteiger partial charge on any atom is -0.00545 e. The molecular formula is C3H7ClNOS-. The molecule has 4 heteroatoms. The maximum absolute atomic E-state index is 9.66. The SMILES string of the molecule is Cl.N=C([O-])CCS. The number of thiol groups is 1. The standard InChI is InChI=1S/C3H7NOS.ClH/c4-3(5)1-2-6;/h6H,1-2H2,(H2,4,5);1H/p-1. The highest BCUT2D eigenvalue weighted by Gasteiger charge is 1.72. The highest BCUT2D eigenvalue weighted by molar-refractivity contribution is 7.80. The van der Waals surface area contributed by atoms with Gasteiger partial charge in [0.25, 0.3) is 0 Å². The lowest BCUT2D eigenvalue weighted by Gasteiger charge is -2.00. The van der Waals surface area contributed by atoms with E-state index >= 15 is 0 Å². The molecule has 0 unspecified atom stereocenters. The monoisotopic (exact) mass is 140 g/mol. The van der Waals surface area contributed by atoms with Crippen LogP contribution in [-0.2, 0) is 0 Å². The van der Waals surface area contributed by atoms with Crippen LogP contribution < -0.4 is 5.11 Å². The fourth-order valence-corrected chi connectivity index (χ4v) is 0.305.